The van der Waals surface area contributed by atoms with E-state index in [0.717, 1.165) is 17.8 Å². The van der Waals surface area contributed by atoms with E-state index in [1.165, 1.54) is 4.31 Å². The molecular weight excluding hydrogens is 376 g/mol. The predicted octanol–water partition coefficient (Wildman–Crippen LogP) is 2.81. The molecule has 0 radical (unpaired) electrons. The van der Waals surface area contributed by atoms with Crippen LogP contribution >= 0.6 is 0 Å². The maximum absolute atomic E-state index is 12.9. The number of hydrogen-bond acceptors (Lipinski definition) is 6. The molecule has 1 aromatic carbocycles. The number of sulfonamides is 1. The van der Waals surface area contributed by atoms with Gasteiger partial charge in [-0.3, -0.25) is 0 Å². The second-order valence-electron chi connectivity index (χ2n) is 6.64. The van der Waals surface area contributed by atoms with Gasteiger partial charge < -0.3 is 9.32 Å². The first-order chi connectivity index (χ1) is 13.6. The van der Waals surface area contributed by atoms with Crippen LogP contribution < -0.4 is 4.90 Å². The molecule has 1 saturated heterocycles. The highest BCUT2D eigenvalue weighted by Gasteiger charge is 2.29. The number of hydrogen-bond donors (Lipinski definition) is 0. The molecule has 0 spiro atoms. The molecule has 0 saturated carbocycles. The van der Waals surface area contributed by atoms with Gasteiger partial charge in [0.1, 0.15) is 5.69 Å². The third-order valence-electron chi connectivity index (χ3n) is 4.96. The number of rotatable bonds is 5. The summed E-state index contributed by atoms with van der Waals surface area (Å²) >= 11 is 0. The van der Waals surface area contributed by atoms with Crippen molar-refractivity contribution in [1.82, 2.24) is 14.5 Å². The van der Waals surface area contributed by atoms with E-state index in [4.69, 9.17) is 4.42 Å². The first-order valence-electron chi connectivity index (χ1n) is 9.29. The van der Waals surface area contributed by atoms with Crippen molar-refractivity contribution in [3.8, 4) is 11.5 Å². The van der Waals surface area contributed by atoms with Crippen LogP contribution in [0.1, 0.15) is 12.5 Å². The Balaban J connectivity index is 1.42. The van der Waals surface area contributed by atoms with Gasteiger partial charge >= 0.3 is 0 Å². The van der Waals surface area contributed by atoms with Gasteiger partial charge in [0, 0.05) is 26.2 Å². The SMILES string of the molecule is CCc1ccc(S(=O)(=O)N2CCN(c3ccc(-c4ccco4)nn3)CC2)cc1. The lowest BCUT2D eigenvalue weighted by molar-refractivity contribution is 0.383. The number of aromatic nitrogens is 2. The highest BCUT2D eigenvalue weighted by Crippen LogP contribution is 2.22. The van der Waals surface area contributed by atoms with E-state index < -0.39 is 10.0 Å². The summed E-state index contributed by atoms with van der Waals surface area (Å²) in [5, 5.41) is 8.48. The fraction of sp³-hybridized carbons (Fsp3) is 0.300. The summed E-state index contributed by atoms with van der Waals surface area (Å²) < 4.78 is 32.6. The Morgan fingerprint density at radius 1 is 0.964 bits per heavy atom. The van der Waals surface area contributed by atoms with E-state index in [1.807, 2.05) is 42.2 Å². The molecule has 1 aliphatic rings. The molecule has 0 aliphatic carbocycles. The second kappa shape index (κ2) is 7.73. The molecule has 0 atom stereocenters. The average molecular weight is 398 g/mol. The minimum absolute atomic E-state index is 0.348. The van der Waals surface area contributed by atoms with Crippen LogP contribution in [0, 0.1) is 0 Å². The number of benzene rings is 1. The second-order valence-corrected chi connectivity index (χ2v) is 8.58. The van der Waals surface area contributed by atoms with Crippen LogP contribution in [-0.2, 0) is 16.4 Å². The van der Waals surface area contributed by atoms with Crippen molar-refractivity contribution < 1.29 is 12.8 Å². The summed E-state index contributed by atoms with van der Waals surface area (Å²) in [4.78, 5) is 2.39. The summed E-state index contributed by atoms with van der Waals surface area (Å²) in [6, 6.07) is 14.5. The summed E-state index contributed by atoms with van der Waals surface area (Å²) in [5.41, 5.74) is 1.80. The normalized spacial score (nSPS) is 15.7. The molecule has 0 amide bonds. The Hall–Kier alpha value is -2.71. The van der Waals surface area contributed by atoms with Crippen molar-refractivity contribution in [3.05, 3.63) is 60.4 Å². The van der Waals surface area contributed by atoms with Crippen molar-refractivity contribution in [2.24, 2.45) is 0 Å². The molecule has 146 valence electrons. The van der Waals surface area contributed by atoms with Gasteiger partial charge in [-0.2, -0.15) is 4.31 Å². The molecule has 1 fully saturated rings. The van der Waals surface area contributed by atoms with Crippen molar-refractivity contribution in [2.45, 2.75) is 18.2 Å². The van der Waals surface area contributed by atoms with Gasteiger partial charge in [-0.15, -0.1) is 10.2 Å². The number of nitrogens with zero attached hydrogens (tertiary/aromatic N) is 4. The van der Waals surface area contributed by atoms with Gasteiger partial charge in [0.05, 0.1) is 11.2 Å². The lowest BCUT2D eigenvalue weighted by Crippen LogP contribution is -2.49. The quantitative estimate of drug-likeness (QED) is 0.658. The Morgan fingerprint density at radius 2 is 1.71 bits per heavy atom. The average Bonchev–Trinajstić information content (AvgIpc) is 3.29. The van der Waals surface area contributed by atoms with E-state index in [9.17, 15) is 8.42 Å². The first-order valence-corrected chi connectivity index (χ1v) is 10.7. The topological polar surface area (TPSA) is 79.5 Å². The number of anilines is 1. The summed E-state index contributed by atoms with van der Waals surface area (Å²) in [6.07, 6.45) is 2.49. The molecule has 2 aromatic heterocycles. The Labute approximate surface area is 164 Å². The van der Waals surface area contributed by atoms with Crippen LogP contribution in [0.25, 0.3) is 11.5 Å². The van der Waals surface area contributed by atoms with Crippen LogP contribution in [0.5, 0.6) is 0 Å². The fourth-order valence-electron chi connectivity index (χ4n) is 3.25. The third kappa shape index (κ3) is 3.65. The Morgan fingerprint density at radius 3 is 2.29 bits per heavy atom. The molecule has 7 nitrogen and oxygen atoms in total. The van der Waals surface area contributed by atoms with Gasteiger partial charge in [-0.25, -0.2) is 8.42 Å². The zero-order valence-electron chi connectivity index (χ0n) is 15.7. The monoisotopic (exact) mass is 398 g/mol. The van der Waals surface area contributed by atoms with Crippen molar-refractivity contribution >= 4 is 15.8 Å². The molecule has 0 N–H and O–H groups in total. The van der Waals surface area contributed by atoms with Crippen molar-refractivity contribution in [3.63, 3.8) is 0 Å². The smallest absolute Gasteiger partial charge is 0.243 e. The van der Waals surface area contributed by atoms with E-state index in [1.54, 1.807) is 24.5 Å². The van der Waals surface area contributed by atoms with E-state index in [-0.39, 0.29) is 0 Å². The van der Waals surface area contributed by atoms with Gasteiger partial charge in [0.2, 0.25) is 10.0 Å². The van der Waals surface area contributed by atoms with Crippen LogP contribution in [0.4, 0.5) is 5.82 Å². The highest BCUT2D eigenvalue weighted by atomic mass is 32.2. The molecule has 8 heteroatoms. The highest BCUT2D eigenvalue weighted by molar-refractivity contribution is 7.89. The molecule has 0 unspecified atom stereocenters. The van der Waals surface area contributed by atoms with Crippen LogP contribution in [-0.4, -0.2) is 49.1 Å². The maximum Gasteiger partial charge on any atom is 0.243 e. The molecule has 3 heterocycles. The summed E-state index contributed by atoms with van der Waals surface area (Å²) in [5.74, 6) is 1.41. The zero-order valence-corrected chi connectivity index (χ0v) is 16.5. The van der Waals surface area contributed by atoms with Gasteiger partial charge in [-0.1, -0.05) is 19.1 Å². The number of furan rings is 1. The lowest BCUT2D eigenvalue weighted by atomic mass is 10.2. The van der Waals surface area contributed by atoms with Gasteiger partial charge in [0.25, 0.3) is 0 Å². The van der Waals surface area contributed by atoms with Crippen LogP contribution in [0.2, 0.25) is 0 Å². The van der Waals surface area contributed by atoms with Crippen molar-refractivity contribution in [2.75, 3.05) is 31.1 Å². The number of aryl methyl sites for hydroxylation is 1. The van der Waals surface area contributed by atoms with E-state index >= 15 is 0 Å². The fourth-order valence-corrected chi connectivity index (χ4v) is 4.68. The maximum atomic E-state index is 12.9. The summed E-state index contributed by atoms with van der Waals surface area (Å²) in [6.45, 7) is 4.02. The largest absolute Gasteiger partial charge is 0.463 e. The Kier molecular flexibility index (Phi) is 5.15. The van der Waals surface area contributed by atoms with Crippen LogP contribution in [0.3, 0.4) is 0 Å². The lowest BCUT2D eigenvalue weighted by Gasteiger charge is -2.34. The van der Waals surface area contributed by atoms with Crippen molar-refractivity contribution in [1.29, 1.82) is 0 Å². The third-order valence-corrected chi connectivity index (χ3v) is 6.87. The molecule has 3 aromatic rings. The predicted molar refractivity (Wildman–Crippen MR) is 107 cm³/mol. The van der Waals surface area contributed by atoms with E-state index in [0.29, 0.717) is 42.5 Å². The first kappa shape index (κ1) is 18.6. The van der Waals surface area contributed by atoms with Gasteiger partial charge in [0.15, 0.2) is 11.6 Å². The number of piperazine rings is 1. The molecular formula is C20H22N4O3S. The molecule has 0 bridgehead atoms. The molecule has 1 aliphatic heterocycles. The zero-order chi connectivity index (χ0) is 19.6. The van der Waals surface area contributed by atoms with Gasteiger partial charge in [-0.05, 0) is 48.4 Å². The van der Waals surface area contributed by atoms with E-state index in [2.05, 4.69) is 10.2 Å². The molecule has 28 heavy (non-hydrogen) atoms. The Bertz CT molecular complexity index is 1010. The van der Waals surface area contributed by atoms with Crippen LogP contribution in [0.15, 0.2) is 64.1 Å². The standard InChI is InChI=1S/C20H22N4O3S/c1-2-16-5-7-17(8-6-16)28(25,26)24-13-11-23(12-14-24)20-10-9-18(21-22-20)19-4-3-15-27-19/h3-10,15H,2,11-14H2,1H3. The minimum atomic E-state index is -3.47. The molecule has 4 rings (SSSR count). The minimum Gasteiger partial charge on any atom is -0.463 e. The summed E-state index contributed by atoms with van der Waals surface area (Å²) in [7, 11) is -3.47.